The van der Waals surface area contributed by atoms with Gasteiger partial charge in [0.25, 0.3) is 0 Å². The van der Waals surface area contributed by atoms with Crippen LogP contribution in [0, 0.1) is 0 Å². The lowest BCUT2D eigenvalue weighted by Gasteiger charge is -2.12. The molecule has 3 N–H and O–H groups in total. The van der Waals surface area contributed by atoms with E-state index in [1.807, 2.05) is 0 Å². The SMILES string of the molecule is O=C(O)CCC(NC(=O)CS)C(=O)O. The Bertz CT molecular complexity index is 242. The third-order valence-corrected chi connectivity index (χ3v) is 1.71. The molecule has 0 bridgehead atoms. The minimum absolute atomic E-state index is 0.128. The molecule has 7 heteroatoms. The van der Waals surface area contributed by atoms with E-state index in [1.165, 1.54) is 0 Å². The van der Waals surface area contributed by atoms with Gasteiger partial charge in [-0.2, -0.15) is 12.6 Å². The van der Waals surface area contributed by atoms with Crippen LogP contribution in [-0.4, -0.2) is 39.9 Å². The van der Waals surface area contributed by atoms with Crippen LogP contribution in [0.15, 0.2) is 0 Å². The Balaban J connectivity index is 4.09. The van der Waals surface area contributed by atoms with Crippen molar-refractivity contribution in [1.82, 2.24) is 5.32 Å². The highest BCUT2D eigenvalue weighted by molar-refractivity contribution is 7.81. The van der Waals surface area contributed by atoms with Crippen molar-refractivity contribution < 1.29 is 24.6 Å². The number of carbonyl (C=O) groups is 3. The van der Waals surface area contributed by atoms with E-state index in [0.717, 1.165) is 0 Å². The normalized spacial score (nSPS) is 11.8. The molecule has 0 rings (SSSR count). The fourth-order valence-corrected chi connectivity index (χ4v) is 0.856. The summed E-state index contributed by atoms with van der Waals surface area (Å²) in [4.78, 5) is 31.5. The molecule has 0 aromatic carbocycles. The quantitative estimate of drug-likeness (QED) is 0.446. The molecule has 0 aliphatic carbocycles. The molecule has 0 aliphatic rings. The Labute approximate surface area is 85.7 Å². The highest BCUT2D eigenvalue weighted by Gasteiger charge is 2.19. The number of carbonyl (C=O) groups excluding carboxylic acids is 1. The smallest absolute Gasteiger partial charge is 0.326 e. The van der Waals surface area contributed by atoms with E-state index < -0.39 is 23.9 Å². The van der Waals surface area contributed by atoms with Crippen LogP contribution in [0.3, 0.4) is 0 Å². The Morgan fingerprint density at radius 3 is 2.21 bits per heavy atom. The third-order valence-electron chi connectivity index (χ3n) is 1.42. The Morgan fingerprint density at radius 2 is 1.86 bits per heavy atom. The first-order valence-electron chi connectivity index (χ1n) is 3.82. The summed E-state index contributed by atoms with van der Waals surface area (Å²) in [7, 11) is 0. The molecule has 0 fully saturated rings. The number of carboxylic acid groups (broad SMARTS) is 2. The van der Waals surface area contributed by atoms with Gasteiger partial charge in [-0.1, -0.05) is 0 Å². The molecule has 0 radical (unpaired) electrons. The molecular weight excluding hydrogens is 210 g/mol. The lowest BCUT2D eigenvalue weighted by atomic mass is 10.1. The first-order valence-corrected chi connectivity index (χ1v) is 4.45. The van der Waals surface area contributed by atoms with E-state index >= 15 is 0 Å². The molecule has 80 valence electrons. The van der Waals surface area contributed by atoms with Crippen molar-refractivity contribution >= 4 is 30.5 Å². The van der Waals surface area contributed by atoms with E-state index in [0.29, 0.717) is 0 Å². The number of hydrogen-bond acceptors (Lipinski definition) is 4. The number of hydrogen-bond donors (Lipinski definition) is 4. The molecule has 1 unspecified atom stereocenters. The topological polar surface area (TPSA) is 104 Å². The van der Waals surface area contributed by atoms with Gasteiger partial charge in [0.05, 0.1) is 5.75 Å². The van der Waals surface area contributed by atoms with E-state index in [9.17, 15) is 14.4 Å². The molecule has 14 heavy (non-hydrogen) atoms. The predicted molar refractivity (Wildman–Crippen MR) is 50.3 cm³/mol. The van der Waals surface area contributed by atoms with Crippen LogP contribution < -0.4 is 5.32 Å². The summed E-state index contributed by atoms with van der Waals surface area (Å²) in [5, 5.41) is 19.1. The standard InChI is InChI=1S/C7H11NO5S/c9-5(3-14)8-4(7(12)13)1-2-6(10)11/h4,14H,1-3H2,(H,8,9)(H,10,11)(H,12,13). The molecule has 0 saturated heterocycles. The number of carboxylic acids is 2. The molecule has 0 aromatic heterocycles. The van der Waals surface area contributed by atoms with Gasteiger partial charge in [-0.05, 0) is 6.42 Å². The van der Waals surface area contributed by atoms with Crippen molar-refractivity contribution in [2.24, 2.45) is 0 Å². The van der Waals surface area contributed by atoms with Crippen molar-refractivity contribution in [3.8, 4) is 0 Å². The van der Waals surface area contributed by atoms with Crippen LogP contribution in [0.5, 0.6) is 0 Å². The van der Waals surface area contributed by atoms with Gasteiger partial charge in [-0.15, -0.1) is 0 Å². The number of thiol groups is 1. The van der Waals surface area contributed by atoms with Crippen LogP contribution in [-0.2, 0) is 14.4 Å². The van der Waals surface area contributed by atoms with Gasteiger partial charge in [0.1, 0.15) is 6.04 Å². The zero-order valence-electron chi connectivity index (χ0n) is 7.27. The van der Waals surface area contributed by atoms with E-state index in [2.05, 4.69) is 17.9 Å². The second-order valence-electron chi connectivity index (χ2n) is 2.55. The van der Waals surface area contributed by atoms with Gasteiger partial charge in [-0.25, -0.2) is 4.79 Å². The fraction of sp³-hybridized carbons (Fsp3) is 0.571. The summed E-state index contributed by atoms with van der Waals surface area (Å²) in [6.07, 6.45) is -0.437. The molecule has 1 atom stereocenters. The summed E-state index contributed by atoms with van der Waals surface area (Å²) in [6.45, 7) is 0. The lowest BCUT2D eigenvalue weighted by Crippen LogP contribution is -2.41. The van der Waals surface area contributed by atoms with E-state index in [4.69, 9.17) is 10.2 Å². The highest BCUT2D eigenvalue weighted by Crippen LogP contribution is 1.98. The van der Waals surface area contributed by atoms with Crippen LogP contribution in [0.25, 0.3) is 0 Å². The fourth-order valence-electron chi connectivity index (χ4n) is 0.765. The van der Waals surface area contributed by atoms with E-state index in [-0.39, 0.29) is 18.6 Å². The summed E-state index contributed by atoms with van der Waals surface area (Å²) in [6, 6.07) is -1.16. The predicted octanol–water partition coefficient (Wildman–Crippen LogP) is -0.650. The average Bonchev–Trinajstić information content (AvgIpc) is 2.10. The number of amides is 1. The maximum absolute atomic E-state index is 10.8. The number of rotatable bonds is 6. The zero-order valence-corrected chi connectivity index (χ0v) is 8.16. The lowest BCUT2D eigenvalue weighted by molar-refractivity contribution is -0.142. The molecule has 0 aromatic rings. The average molecular weight is 221 g/mol. The maximum atomic E-state index is 10.8. The second kappa shape index (κ2) is 6.25. The summed E-state index contributed by atoms with van der Waals surface area (Å²) >= 11 is 3.65. The molecule has 0 saturated carbocycles. The molecule has 0 spiro atoms. The van der Waals surface area contributed by atoms with E-state index in [1.54, 1.807) is 0 Å². The molecule has 1 amide bonds. The van der Waals surface area contributed by atoms with Crippen LogP contribution in [0.2, 0.25) is 0 Å². The van der Waals surface area contributed by atoms with Gasteiger partial charge < -0.3 is 15.5 Å². The van der Waals surface area contributed by atoms with Gasteiger partial charge in [0.15, 0.2) is 0 Å². The molecule has 6 nitrogen and oxygen atoms in total. The largest absolute Gasteiger partial charge is 0.481 e. The first kappa shape index (κ1) is 12.8. The Kier molecular flexibility index (Phi) is 5.70. The van der Waals surface area contributed by atoms with Crippen LogP contribution in [0.1, 0.15) is 12.8 Å². The third kappa shape index (κ3) is 5.41. The van der Waals surface area contributed by atoms with Crippen molar-refractivity contribution in [1.29, 1.82) is 0 Å². The van der Waals surface area contributed by atoms with Crippen LogP contribution in [0.4, 0.5) is 0 Å². The van der Waals surface area contributed by atoms with Gasteiger partial charge in [0.2, 0.25) is 5.91 Å². The summed E-state index contributed by atoms with van der Waals surface area (Å²) in [5.74, 6) is -3.01. The van der Waals surface area contributed by atoms with Crippen LogP contribution >= 0.6 is 12.6 Å². The molecule has 0 aliphatic heterocycles. The zero-order chi connectivity index (χ0) is 11.1. The summed E-state index contributed by atoms with van der Waals surface area (Å²) < 4.78 is 0. The van der Waals surface area contributed by atoms with Crippen molar-refractivity contribution in [2.45, 2.75) is 18.9 Å². The maximum Gasteiger partial charge on any atom is 0.326 e. The minimum Gasteiger partial charge on any atom is -0.481 e. The van der Waals surface area contributed by atoms with Crippen molar-refractivity contribution in [3.63, 3.8) is 0 Å². The highest BCUT2D eigenvalue weighted by atomic mass is 32.1. The molecular formula is C7H11NO5S. The monoisotopic (exact) mass is 221 g/mol. The second-order valence-corrected chi connectivity index (χ2v) is 2.87. The van der Waals surface area contributed by atoms with Crippen molar-refractivity contribution in [2.75, 3.05) is 5.75 Å². The van der Waals surface area contributed by atoms with Crippen molar-refractivity contribution in [3.05, 3.63) is 0 Å². The molecule has 0 heterocycles. The van der Waals surface area contributed by atoms with Gasteiger partial charge >= 0.3 is 11.9 Å². The minimum atomic E-state index is -1.25. The number of aliphatic carboxylic acids is 2. The van der Waals surface area contributed by atoms with Gasteiger partial charge in [0, 0.05) is 6.42 Å². The number of nitrogens with one attached hydrogen (secondary N) is 1. The van der Waals surface area contributed by atoms with Gasteiger partial charge in [-0.3, -0.25) is 9.59 Å². The summed E-state index contributed by atoms with van der Waals surface area (Å²) in [5.41, 5.74) is 0. The first-order chi connectivity index (χ1) is 6.47. The Morgan fingerprint density at radius 1 is 1.29 bits per heavy atom. The Hall–Kier alpha value is -1.24.